The van der Waals surface area contributed by atoms with Gasteiger partial charge in [-0.25, -0.2) is 0 Å². The first-order valence-corrected chi connectivity index (χ1v) is 10.4. The van der Waals surface area contributed by atoms with Gasteiger partial charge in [0, 0.05) is 12.0 Å². The van der Waals surface area contributed by atoms with E-state index in [9.17, 15) is 9.59 Å². The summed E-state index contributed by atoms with van der Waals surface area (Å²) in [6, 6.07) is 22.7. The van der Waals surface area contributed by atoms with Crippen LogP contribution in [0.3, 0.4) is 0 Å². The summed E-state index contributed by atoms with van der Waals surface area (Å²) in [5.41, 5.74) is 10.7. The molecule has 31 heavy (non-hydrogen) atoms. The molecular weight excluding hydrogens is 388 g/mol. The summed E-state index contributed by atoms with van der Waals surface area (Å²) < 4.78 is 5.19. The first kappa shape index (κ1) is 22.1. The molecule has 0 unspecified atom stereocenters. The molecule has 3 rings (SSSR count). The van der Waals surface area contributed by atoms with Crippen molar-refractivity contribution < 1.29 is 14.3 Å². The van der Waals surface area contributed by atoms with Crippen molar-refractivity contribution in [2.24, 2.45) is 5.92 Å². The number of amides is 1. The normalized spacial score (nSPS) is 10.7. The number of nitrogen functional groups attached to an aromatic ring is 1. The Morgan fingerprint density at radius 2 is 1.65 bits per heavy atom. The molecule has 0 atom stereocenters. The van der Waals surface area contributed by atoms with Gasteiger partial charge in [-0.05, 0) is 53.3 Å². The number of aryl methyl sites for hydroxylation is 1. The molecule has 0 aliphatic heterocycles. The molecule has 0 aliphatic carbocycles. The van der Waals surface area contributed by atoms with Crippen LogP contribution in [0.1, 0.15) is 36.2 Å². The Bertz CT molecular complexity index is 1030. The number of carbonyl (C=O) groups excluding carboxylic acids is 2. The first-order valence-electron chi connectivity index (χ1n) is 10.4. The van der Waals surface area contributed by atoms with Gasteiger partial charge in [-0.15, -0.1) is 0 Å². The second-order valence-corrected chi connectivity index (χ2v) is 7.90. The quantitative estimate of drug-likeness (QED) is 0.385. The zero-order valence-corrected chi connectivity index (χ0v) is 17.9. The van der Waals surface area contributed by atoms with Crippen LogP contribution in [0.4, 0.5) is 11.4 Å². The Morgan fingerprint density at radius 3 is 2.32 bits per heavy atom. The van der Waals surface area contributed by atoms with Crippen LogP contribution in [0.2, 0.25) is 0 Å². The maximum atomic E-state index is 12.7. The van der Waals surface area contributed by atoms with Gasteiger partial charge < -0.3 is 15.8 Å². The zero-order valence-electron chi connectivity index (χ0n) is 17.9. The van der Waals surface area contributed by atoms with E-state index in [-0.39, 0.29) is 11.9 Å². The van der Waals surface area contributed by atoms with Gasteiger partial charge in [-0.2, -0.15) is 0 Å². The van der Waals surface area contributed by atoms with Crippen molar-refractivity contribution in [1.82, 2.24) is 0 Å². The highest BCUT2D eigenvalue weighted by Gasteiger charge is 2.11. The van der Waals surface area contributed by atoms with Crippen molar-refractivity contribution in [2.45, 2.75) is 26.7 Å². The van der Waals surface area contributed by atoms with Gasteiger partial charge in [0.15, 0.2) is 0 Å². The Hall–Kier alpha value is -3.60. The molecule has 3 aromatic rings. The van der Waals surface area contributed by atoms with Crippen LogP contribution >= 0.6 is 0 Å². The molecule has 160 valence electrons. The number of rotatable bonds is 8. The third-order valence-electron chi connectivity index (χ3n) is 4.82. The van der Waals surface area contributed by atoms with E-state index in [2.05, 4.69) is 5.32 Å². The summed E-state index contributed by atoms with van der Waals surface area (Å²) in [6.45, 7) is 4.44. The monoisotopic (exact) mass is 416 g/mol. The third kappa shape index (κ3) is 6.44. The topological polar surface area (TPSA) is 81.4 Å². The molecule has 0 radical (unpaired) electrons. The number of hydrogen-bond donors (Lipinski definition) is 2. The number of nitrogens with two attached hydrogens (primary N) is 1. The average molecular weight is 417 g/mol. The SMILES string of the molecule is CC(C)COC(=O)CCc1ccc(C(=O)Nc2cc(-c3ccccc3)ccc2N)cc1. The number of anilines is 2. The van der Waals surface area contributed by atoms with Crippen molar-refractivity contribution in [3.8, 4) is 11.1 Å². The molecule has 0 fully saturated rings. The minimum Gasteiger partial charge on any atom is -0.465 e. The molecule has 1 amide bonds. The fourth-order valence-corrected chi connectivity index (χ4v) is 3.07. The second-order valence-electron chi connectivity index (χ2n) is 7.90. The highest BCUT2D eigenvalue weighted by Crippen LogP contribution is 2.27. The summed E-state index contributed by atoms with van der Waals surface area (Å²) in [5.74, 6) is -0.117. The van der Waals surface area contributed by atoms with Crippen molar-refractivity contribution in [1.29, 1.82) is 0 Å². The number of carbonyl (C=O) groups is 2. The minimum atomic E-state index is -0.236. The van der Waals surface area contributed by atoms with Crippen LogP contribution in [0.25, 0.3) is 11.1 Å². The first-order chi connectivity index (χ1) is 14.9. The van der Waals surface area contributed by atoms with E-state index in [1.165, 1.54) is 0 Å². The predicted molar refractivity (Wildman–Crippen MR) is 125 cm³/mol. The molecule has 5 nitrogen and oxygen atoms in total. The maximum absolute atomic E-state index is 12.7. The lowest BCUT2D eigenvalue weighted by molar-refractivity contribution is -0.144. The third-order valence-corrected chi connectivity index (χ3v) is 4.82. The highest BCUT2D eigenvalue weighted by atomic mass is 16.5. The van der Waals surface area contributed by atoms with Crippen LogP contribution in [0, 0.1) is 5.92 Å². The Morgan fingerprint density at radius 1 is 0.935 bits per heavy atom. The average Bonchev–Trinajstić information content (AvgIpc) is 2.78. The van der Waals surface area contributed by atoms with Crippen molar-refractivity contribution in [3.63, 3.8) is 0 Å². The van der Waals surface area contributed by atoms with Gasteiger partial charge in [0.2, 0.25) is 0 Å². The molecule has 3 aromatic carbocycles. The Labute approximate surface area is 183 Å². The van der Waals surface area contributed by atoms with Gasteiger partial charge in [0.25, 0.3) is 5.91 Å². The zero-order chi connectivity index (χ0) is 22.2. The van der Waals surface area contributed by atoms with E-state index in [0.29, 0.717) is 42.3 Å². The summed E-state index contributed by atoms with van der Waals surface area (Å²) in [7, 11) is 0. The van der Waals surface area contributed by atoms with Gasteiger partial charge in [0.1, 0.15) is 0 Å². The maximum Gasteiger partial charge on any atom is 0.306 e. The van der Waals surface area contributed by atoms with E-state index >= 15 is 0 Å². The van der Waals surface area contributed by atoms with E-state index in [1.807, 2.05) is 68.4 Å². The number of hydrogen-bond acceptors (Lipinski definition) is 4. The fourth-order valence-electron chi connectivity index (χ4n) is 3.07. The van der Waals surface area contributed by atoms with E-state index in [4.69, 9.17) is 10.5 Å². The standard InChI is InChI=1S/C26H28N2O3/c1-18(2)17-31-25(29)15-10-19-8-11-21(12-9-19)26(30)28-24-16-22(13-14-23(24)27)20-6-4-3-5-7-20/h3-9,11-14,16,18H,10,15,17,27H2,1-2H3,(H,28,30). The molecule has 0 aromatic heterocycles. The highest BCUT2D eigenvalue weighted by molar-refractivity contribution is 6.06. The lowest BCUT2D eigenvalue weighted by Crippen LogP contribution is -2.13. The molecule has 0 aliphatic rings. The Balaban J connectivity index is 1.61. The molecule has 0 bridgehead atoms. The summed E-state index contributed by atoms with van der Waals surface area (Å²) in [5, 5.41) is 2.90. The number of esters is 1. The summed E-state index contributed by atoms with van der Waals surface area (Å²) in [4.78, 5) is 24.5. The molecule has 3 N–H and O–H groups in total. The number of nitrogens with one attached hydrogen (secondary N) is 1. The number of ether oxygens (including phenoxy) is 1. The van der Waals surface area contributed by atoms with E-state index in [1.54, 1.807) is 18.2 Å². The molecule has 0 saturated heterocycles. The molecule has 5 heteroatoms. The predicted octanol–water partition coefficient (Wildman–Crippen LogP) is 5.32. The van der Waals surface area contributed by atoms with Crippen LogP contribution in [-0.4, -0.2) is 18.5 Å². The minimum absolute atomic E-state index is 0.204. The van der Waals surface area contributed by atoms with Gasteiger partial charge in [-0.1, -0.05) is 62.4 Å². The molecule has 0 heterocycles. The summed E-state index contributed by atoms with van der Waals surface area (Å²) >= 11 is 0. The fraction of sp³-hybridized carbons (Fsp3) is 0.231. The molecule has 0 spiro atoms. The van der Waals surface area contributed by atoms with Gasteiger partial charge in [-0.3, -0.25) is 9.59 Å². The van der Waals surface area contributed by atoms with Gasteiger partial charge >= 0.3 is 5.97 Å². The molecular formula is C26H28N2O3. The van der Waals surface area contributed by atoms with Crippen molar-refractivity contribution >= 4 is 23.3 Å². The van der Waals surface area contributed by atoms with Crippen LogP contribution < -0.4 is 11.1 Å². The Kier molecular flexibility index (Phi) is 7.44. The lowest BCUT2D eigenvalue weighted by Gasteiger charge is -2.11. The summed E-state index contributed by atoms with van der Waals surface area (Å²) in [6.07, 6.45) is 0.895. The largest absolute Gasteiger partial charge is 0.465 e. The van der Waals surface area contributed by atoms with Crippen LogP contribution in [-0.2, 0) is 16.0 Å². The van der Waals surface area contributed by atoms with Crippen LogP contribution in [0.15, 0.2) is 72.8 Å². The van der Waals surface area contributed by atoms with Crippen molar-refractivity contribution in [3.05, 3.63) is 83.9 Å². The second kappa shape index (κ2) is 10.4. The molecule has 0 saturated carbocycles. The number of benzene rings is 3. The van der Waals surface area contributed by atoms with Crippen LogP contribution in [0.5, 0.6) is 0 Å². The smallest absolute Gasteiger partial charge is 0.306 e. The van der Waals surface area contributed by atoms with Crippen molar-refractivity contribution in [2.75, 3.05) is 17.7 Å². The van der Waals surface area contributed by atoms with Gasteiger partial charge in [0.05, 0.1) is 18.0 Å². The lowest BCUT2D eigenvalue weighted by atomic mass is 10.0. The van der Waals surface area contributed by atoms with E-state index < -0.39 is 0 Å². The van der Waals surface area contributed by atoms with E-state index in [0.717, 1.165) is 16.7 Å².